The van der Waals surface area contributed by atoms with E-state index >= 15 is 0 Å². The minimum absolute atomic E-state index is 0.867. The number of halogens is 1. The molecule has 2 aromatic rings. The summed E-state index contributed by atoms with van der Waals surface area (Å²) >= 11 is 5.08. The van der Waals surface area contributed by atoms with Gasteiger partial charge in [0.1, 0.15) is 5.75 Å². The molecule has 0 fully saturated rings. The Hall–Kier alpha value is -1.00. The third-order valence-electron chi connectivity index (χ3n) is 2.22. The van der Waals surface area contributed by atoms with Gasteiger partial charge in [-0.15, -0.1) is 0 Å². The van der Waals surface area contributed by atoms with Crippen molar-refractivity contribution in [3.63, 3.8) is 0 Å². The lowest BCUT2D eigenvalue weighted by Crippen LogP contribution is -1.81. The second-order valence-corrected chi connectivity index (χ2v) is 5.05. The average molecular weight is 299 g/mol. The highest BCUT2D eigenvalue weighted by molar-refractivity contribution is 9.10. The van der Waals surface area contributed by atoms with Crippen molar-refractivity contribution in [2.24, 2.45) is 0 Å². The quantitative estimate of drug-likeness (QED) is 0.846. The first kappa shape index (κ1) is 11.5. The van der Waals surface area contributed by atoms with E-state index in [2.05, 4.69) is 22.0 Å². The van der Waals surface area contributed by atoms with Crippen LogP contribution in [0.2, 0.25) is 0 Å². The van der Waals surface area contributed by atoms with Crippen molar-refractivity contribution in [1.82, 2.24) is 0 Å². The number of thiophene rings is 1. The molecule has 16 heavy (non-hydrogen) atoms. The van der Waals surface area contributed by atoms with Gasteiger partial charge in [-0.05, 0) is 51.8 Å². The molecular formula is C12H11BrO2S. The number of rotatable bonds is 3. The summed E-state index contributed by atoms with van der Waals surface area (Å²) < 4.78 is 11.4. The summed E-state index contributed by atoms with van der Waals surface area (Å²) in [5, 5.41) is 0.894. The van der Waals surface area contributed by atoms with Gasteiger partial charge in [-0.3, -0.25) is 0 Å². The minimum atomic E-state index is 0.867. The third kappa shape index (κ3) is 2.23. The van der Waals surface area contributed by atoms with Gasteiger partial charge in [-0.1, -0.05) is 11.3 Å². The number of hydrogen-bond donors (Lipinski definition) is 0. The van der Waals surface area contributed by atoms with Crippen LogP contribution in [-0.4, -0.2) is 14.2 Å². The van der Waals surface area contributed by atoms with E-state index in [0.717, 1.165) is 20.8 Å². The first-order chi connectivity index (χ1) is 7.74. The normalized spacial score (nSPS) is 10.2. The molecule has 2 nitrogen and oxygen atoms in total. The van der Waals surface area contributed by atoms with E-state index in [1.54, 1.807) is 25.6 Å². The van der Waals surface area contributed by atoms with Gasteiger partial charge in [-0.2, -0.15) is 0 Å². The lowest BCUT2D eigenvalue weighted by Gasteiger charge is -2.00. The number of benzene rings is 1. The highest BCUT2D eigenvalue weighted by Crippen LogP contribution is 2.40. The van der Waals surface area contributed by atoms with Crippen LogP contribution in [0.15, 0.2) is 34.8 Å². The second kappa shape index (κ2) is 4.89. The summed E-state index contributed by atoms with van der Waals surface area (Å²) in [6.45, 7) is 0. The van der Waals surface area contributed by atoms with Crippen LogP contribution in [-0.2, 0) is 0 Å². The van der Waals surface area contributed by atoms with Gasteiger partial charge in [0.25, 0.3) is 0 Å². The van der Waals surface area contributed by atoms with Crippen LogP contribution in [0.3, 0.4) is 0 Å². The summed E-state index contributed by atoms with van der Waals surface area (Å²) in [5.41, 5.74) is 1.16. The van der Waals surface area contributed by atoms with Crippen molar-refractivity contribution >= 4 is 27.3 Å². The molecule has 0 aliphatic heterocycles. The lowest BCUT2D eigenvalue weighted by atomic mass is 10.2. The van der Waals surface area contributed by atoms with E-state index in [1.807, 2.05) is 24.3 Å². The highest BCUT2D eigenvalue weighted by atomic mass is 79.9. The van der Waals surface area contributed by atoms with Gasteiger partial charge in [0.2, 0.25) is 0 Å². The van der Waals surface area contributed by atoms with Crippen LogP contribution in [0.1, 0.15) is 0 Å². The Kier molecular flexibility index (Phi) is 3.51. The van der Waals surface area contributed by atoms with Gasteiger partial charge >= 0.3 is 0 Å². The first-order valence-electron chi connectivity index (χ1n) is 4.72. The maximum absolute atomic E-state index is 5.24. The summed E-state index contributed by atoms with van der Waals surface area (Å²) in [6.07, 6.45) is 0. The van der Waals surface area contributed by atoms with Gasteiger partial charge in [-0.25, -0.2) is 0 Å². The minimum Gasteiger partial charge on any atom is -0.497 e. The summed E-state index contributed by atoms with van der Waals surface area (Å²) in [6, 6.07) is 10.0. The molecule has 0 saturated carbocycles. The van der Waals surface area contributed by atoms with Gasteiger partial charge in [0.15, 0.2) is 5.06 Å². The monoisotopic (exact) mass is 298 g/mol. The van der Waals surface area contributed by atoms with Crippen LogP contribution in [0.5, 0.6) is 10.8 Å². The molecule has 84 valence electrons. The zero-order chi connectivity index (χ0) is 11.5. The van der Waals surface area contributed by atoms with Crippen LogP contribution < -0.4 is 9.47 Å². The Bertz CT molecular complexity index is 476. The molecule has 1 aromatic heterocycles. The van der Waals surface area contributed by atoms with Crippen LogP contribution >= 0.6 is 27.3 Å². The standard InChI is InChI=1S/C12H11BrO2S/c1-14-9-5-3-8(4-6-9)11-7-10(13)12(15-2)16-11/h3-7H,1-2H3. The molecule has 0 atom stereocenters. The molecule has 1 heterocycles. The molecular weight excluding hydrogens is 288 g/mol. The van der Waals surface area contributed by atoms with E-state index < -0.39 is 0 Å². The fourth-order valence-electron chi connectivity index (χ4n) is 1.39. The fraction of sp³-hybridized carbons (Fsp3) is 0.167. The zero-order valence-corrected chi connectivity index (χ0v) is 11.4. The lowest BCUT2D eigenvalue weighted by molar-refractivity contribution is 0.415. The van der Waals surface area contributed by atoms with E-state index in [1.165, 1.54) is 4.88 Å². The van der Waals surface area contributed by atoms with Crippen molar-refractivity contribution in [2.45, 2.75) is 0 Å². The zero-order valence-electron chi connectivity index (χ0n) is 8.99. The molecule has 0 saturated heterocycles. The average Bonchev–Trinajstić information content (AvgIpc) is 2.71. The Labute approximate surface area is 107 Å². The third-order valence-corrected chi connectivity index (χ3v) is 4.21. The van der Waals surface area contributed by atoms with E-state index in [0.29, 0.717) is 0 Å². The molecule has 0 spiro atoms. The Morgan fingerprint density at radius 2 is 1.75 bits per heavy atom. The van der Waals surface area contributed by atoms with Crippen molar-refractivity contribution in [3.8, 4) is 21.3 Å². The molecule has 2 rings (SSSR count). The predicted molar refractivity (Wildman–Crippen MR) is 70.6 cm³/mol. The van der Waals surface area contributed by atoms with Gasteiger partial charge in [0, 0.05) is 4.88 Å². The Balaban J connectivity index is 2.34. The number of ether oxygens (including phenoxy) is 2. The molecule has 4 heteroatoms. The summed E-state index contributed by atoms with van der Waals surface area (Å²) in [5.74, 6) is 0.867. The number of methoxy groups -OCH3 is 2. The van der Waals surface area contributed by atoms with Crippen LogP contribution in [0, 0.1) is 0 Å². The summed E-state index contributed by atoms with van der Waals surface area (Å²) in [7, 11) is 3.34. The predicted octanol–water partition coefficient (Wildman–Crippen LogP) is 4.19. The topological polar surface area (TPSA) is 18.5 Å². The van der Waals surface area contributed by atoms with Gasteiger partial charge < -0.3 is 9.47 Å². The number of hydrogen-bond acceptors (Lipinski definition) is 3. The summed E-state index contributed by atoms with van der Waals surface area (Å²) in [4.78, 5) is 1.17. The molecule has 0 aliphatic carbocycles. The molecule has 0 bridgehead atoms. The molecule has 0 amide bonds. The fourth-order valence-corrected chi connectivity index (χ4v) is 3.04. The van der Waals surface area contributed by atoms with E-state index in [-0.39, 0.29) is 0 Å². The highest BCUT2D eigenvalue weighted by Gasteiger charge is 2.08. The molecule has 1 aromatic carbocycles. The molecule has 0 aliphatic rings. The maximum Gasteiger partial charge on any atom is 0.188 e. The first-order valence-corrected chi connectivity index (χ1v) is 6.33. The van der Waals surface area contributed by atoms with Crippen molar-refractivity contribution in [1.29, 1.82) is 0 Å². The largest absolute Gasteiger partial charge is 0.497 e. The molecule has 0 unspecified atom stereocenters. The van der Waals surface area contributed by atoms with Crippen molar-refractivity contribution < 1.29 is 9.47 Å². The van der Waals surface area contributed by atoms with Crippen molar-refractivity contribution in [2.75, 3.05) is 14.2 Å². The molecule has 0 radical (unpaired) electrons. The van der Waals surface area contributed by atoms with E-state index in [9.17, 15) is 0 Å². The van der Waals surface area contributed by atoms with E-state index in [4.69, 9.17) is 9.47 Å². The Morgan fingerprint density at radius 1 is 1.06 bits per heavy atom. The molecule has 0 N–H and O–H groups in total. The SMILES string of the molecule is COc1ccc(-c2cc(Br)c(OC)s2)cc1. The van der Waals surface area contributed by atoms with Crippen LogP contribution in [0.4, 0.5) is 0 Å². The second-order valence-electron chi connectivity index (χ2n) is 3.18. The van der Waals surface area contributed by atoms with Gasteiger partial charge in [0.05, 0.1) is 18.7 Å². The van der Waals surface area contributed by atoms with Crippen LogP contribution in [0.25, 0.3) is 10.4 Å². The maximum atomic E-state index is 5.24. The smallest absolute Gasteiger partial charge is 0.188 e. The Morgan fingerprint density at radius 3 is 2.25 bits per heavy atom. The van der Waals surface area contributed by atoms with Crippen molar-refractivity contribution in [3.05, 3.63) is 34.8 Å².